The van der Waals surface area contributed by atoms with E-state index in [2.05, 4.69) is 41.4 Å². The van der Waals surface area contributed by atoms with E-state index >= 15 is 0 Å². The molecule has 3 aromatic rings. The second kappa shape index (κ2) is 9.21. The van der Waals surface area contributed by atoms with E-state index in [-0.39, 0.29) is 11.6 Å². The van der Waals surface area contributed by atoms with Crippen LogP contribution in [-0.4, -0.2) is 31.6 Å². The molecule has 1 aromatic heterocycles. The Hall–Kier alpha value is -2.38. The van der Waals surface area contributed by atoms with Crippen molar-refractivity contribution >= 4 is 35.1 Å². The number of carbonyl (C=O) groups is 2. The molecule has 0 fully saturated rings. The maximum atomic E-state index is 11.9. The molecule has 0 atom stereocenters. The Kier molecular flexibility index (Phi) is 6.70. The van der Waals surface area contributed by atoms with Gasteiger partial charge in [-0.3, -0.25) is 14.2 Å². The van der Waals surface area contributed by atoms with Gasteiger partial charge in [0.15, 0.2) is 16.7 Å². The first-order valence-corrected chi connectivity index (χ1v) is 10.7. The predicted molar refractivity (Wildman–Crippen MR) is 113 cm³/mol. The molecule has 28 heavy (non-hydrogen) atoms. The standard InChI is InChI=1S/C21H21N3O2S2/c1-14-9-11-18(12-10-14)27-13-19-22-23-21(28-20(15(2)25)16(3)26)24(19)17-7-5-4-6-8-17/h4-12,20H,13H2,1-3H3. The van der Waals surface area contributed by atoms with Crippen molar-refractivity contribution in [3.63, 3.8) is 0 Å². The number of hydrogen-bond donors (Lipinski definition) is 0. The molecule has 0 aliphatic heterocycles. The summed E-state index contributed by atoms with van der Waals surface area (Å²) in [5.41, 5.74) is 2.12. The first-order valence-electron chi connectivity index (χ1n) is 8.82. The highest BCUT2D eigenvalue weighted by molar-refractivity contribution is 8.01. The molecule has 0 radical (unpaired) electrons. The Morgan fingerprint density at radius 2 is 1.61 bits per heavy atom. The molecule has 3 rings (SSSR count). The molecule has 0 bridgehead atoms. The zero-order valence-corrected chi connectivity index (χ0v) is 17.6. The monoisotopic (exact) mass is 411 g/mol. The summed E-state index contributed by atoms with van der Waals surface area (Å²) in [6.07, 6.45) is 0. The zero-order chi connectivity index (χ0) is 20.1. The van der Waals surface area contributed by atoms with Gasteiger partial charge in [0.2, 0.25) is 0 Å². The molecule has 7 heteroatoms. The lowest BCUT2D eigenvalue weighted by Gasteiger charge is -2.13. The van der Waals surface area contributed by atoms with Crippen molar-refractivity contribution in [2.75, 3.05) is 0 Å². The SMILES string of the molecule is CC(=O)C(Sc1nnc(CSc2ccc(C)cc2)n1-c1ccccc1)C(C)=O. The molecule has 0 unspecified atom stereocenters. The van der Waals surface area contributed by atoms with Gasteiger partial charge in [-0.05, 0) is 45.0 Å². The average Bonchev–Trinajstić information content (AvgIpc) is 3.08. The molecule has 1 heterocycles. The smallest absolute Gasteiger partial charge is 0.196 e. The molecule has 0 N–H and O–H groups in total. The summed E-state index contributed by atoms with van der Waals surface area (Å²) >= 11 is 2.82. The normalized spacial score (nSPS) is 11.0. The van der Waals surface area contributed by atoms with E-state index in [4.69, 9.17) is 0 Å². The van der Waals surface area contributed by atoms with Gasteiger partial charge in [-0.25, -0.2) is 0 Å². The lowest BCUT2D eigenvalue weighted by atomic mass is 10.2. The van der Waals surface area contributed by atoms with Crippen LogP contribution < -0.4 is 0 Å². The predicted octanol–water partition coefficient (Wildman–Crippen LogP) is 4.51. The van der Waals surface area contributed by atoms with E-state index in [0.29, 0.717) is 10.9 Å². The summed E-state index contributed by atoms with van der Waals surface area (Å²) in [4.78, 5) is 24.9. The van der Waals surface area contributed by atoms with Gasteiger partial charge in [-0.15, -0.1) is 22.0 Å². The number of benzene rings is 2. The highest BCUT2D eigenvalue weighted by Crippen LogP contribution is 2.30. The van der Waals surface area contributed by atoms with Crippen molar-refractivity contribution in [1.29, 1.82) is 0 Å². The minimum absolute atomic E-state index is 0.185. The third kappa shape index (κ3) is 4.91. The summed E-state index contributed by atoms with van der Waals surface area (Å²) in [6.45, 7) is 4.91. The molecule has 144 valence electrons. The van der Waals surface area contributed by atoms with Crippen LogP contribution in [0, 0.1) is 6.92 Å². The van der Waals surface area contributed by atoms with Crippen molar-refractivity contribution in [3.05, 3.63) is 66.0 Å². The Labute approximate surface area is 172 Å². The van der Waals surface area contributed by atoms with Crippen molar-refractivity contribution < 1.29 is 9.59 Å². The second-order valence-electron chi connectivity index (χ2n) is 6.39. The zero-order valence-electron chi connectivity index (χ0n) is 16.0. The quantitative estimate of drug-likeness (QED) is 0.401. The van der Waals surface area contributed by atoms with Crippen molar-refractivity contribution in [2.45, 2.75) is 41.8 Å². The molecule has 0 saturated heterocycles. The fourth-order valence-corrected chi connectivity index (χ4v) is 4.40. The van der Waals surface area contributed by atoms with Gasteiger partial charge < -0.3 is 0 Å². The molecule has 0 amide bonds. The Bertz CT molecular complexity index is 955. The second-order valence-corrected chi connectivity index (χ2v) is 8.51. The summed E-state index contributed by atoms with van der Waals surface area (Å²) in [6, 6.07) is 18.1. The van der Waals surface area contributed by atoms with Crippen LogP contribution in [0.25, 0.3) is 5.69 Å². The Morgan fingerprint density at radius 3 is 2.21 bits per heavy atom. The highest BCUT2D eigenvalue weighted by atomic mass is 32.2. The van der Waals surface area contributed by atoms with Crippen molar-refractivity contribution in [2.24, 2.45) is 0 Å². The van der Waals surface area contributed by atoms with Gasteiger partial charge in [-0.2, -0.15) is 0 Å². The number of nitrogens with zero attached hydrogens (tertiary/aromatic N) is 3. The number of Topliss-reactive ketones (excluding diaryl/α,β-unsaturated/α-hetero) is 2. The summed E-state index contributed by atoms with van der Waals surface area (Å²) in [5, 5.41) is 8.40. The molecule has 2 aromatic carbocycles. The lowest BCUT2D eigenvalue weighted by Crippen LogP contribution is -2.22. The fraction of sp³-hybridized carbons (Fsp3) is 0.238. The molecular weight excluding hydrogens is 390 g/mol. The van der Waals surface area contributed by atoms with E-state index in [0.717, 1.165) is 28.2 Å². The minimum atomic E-state index is -0.774. The van der Waals surface area contributed by atoms with Gasteiger partial charge >= 0.3 is 0 Å². The summed E-state index contributed by atoms with van der Waals surface area (Å²) in [7, 11) is 0. The largest absolute Gasteiger partial charge is 0.298 e. The van der Waals surface area contributed by atoms with Crippen LogP contribution in [0.2, 0.25) is 0 Å². The Morgan fingerprint density at radius 1 is 0.964 bits per heavy atom. The molecule has 0 aliphatic carbocycles. The van der Waals surface area contributed by atoms with Gasteiger partial charge in [0, 0.05) is 10.6 Å². The van der Waals surface area contributed by atoms with Crippen LogP contribution in [0.1, 0.15) is 25.2 Å². The van der Waals surface area contributed by atoms with Crippen LogP contribution in [0.15, 0.2) is 64.6 Å². The number of para-hydroxylation sites is 1. The van der Waals surface area contributed by atoms with Crippen LogP contribution in [0.3, 0.4) is 0 Å². The van der Waals surface area contributed by atoms with Crippen molar-refractivity contribution in [3.8, 4) is 5.69 Å². The van der Waals surface area contributed by atoms with Crippen LogP contribution in [-0.2, 0) is 15.3 Å². The van der Waals surface area contributed by atoms with E-state index in [1.807, 2.05) is 34.9 Å². The van der Waals surface area contributed by atoms with Crippen LogP contribution in [0.4, 0.5) is 0 Å². The van der Waals surface area contributed by atoms with Gasteiger partial charge in [-0.1, -0.05) is 47.7 Å². The van der Waals surface area contributed by atoms with Crippen LogP contribution >= 0.6 is 23.5 Å². The first kappa shape index (κ1) is 20.4. The maximum Gasteiger partial charge on any atom is 0.196 e. The van der Waals surface area contributed by atoms with Crippen LogP contribution in [0.5, 0.6) is 0 Å². The molecule has 5 nitrogen and oxygen atoms in total. The minimum Gasteiger partial charge on any atom is -0.298 e. The van der Waals surface area contributed by atoms with E-state index < -0.39 is 5.25 Å². The van der Waals surface area contributed by atoms with Gasteiger partial charge in [0.25, 0.3) is 0 Å². The first-order chi connectivity index (χ1) is 13.5. The third-order valence-corrected chi connectivity index (χ3v) is 6.45. The number of aryl methyl sites for hydroxylation is 1. The fourth-order valence-electron chi connectivity index (χ4n) is 2.65. The summed E-state index contributed by atoms with van der Waals surface area (Å²) in [5.74, 6) is 1.02. The molecular formula is C21H21N3O2S2. The van der Waals surface area contributed by atoms with Gasteiger partial charge in [0.05, 0.1) is 5.75 Å². The number of carbonyl (C=O) groups excluding carboxylic acids is 2. The number of ketones is 2. The van der Waals surface area contributed by atoms with Crippen molar-refractivity contribution in [1.82, 2.24) is 14.8 Å². The summed E-state index contributed by atoms with van der Waals surface area (Å²) < 4.78 is 1.92. The number of rotatable bonds is 8. The lowest BCUT2D eigenvalue weighted by molar-refractivity contribution is -0.123. The highest BCUT2D eigenvalue weighted by Gasteiger charge is 2.25. The third-order valence-electron chi connectivity index (χ3n) is 4.07. The van der Waals surface area contributed by atoms with E-state index in [1.54, 1.807) is 11.8 Å². The number of hydrogen-bond acceptors (Lipinski definition) is 6. The number of thioether (sulfide) groups is 2. The molecule has 0 aliphatic rings. The van der Waals surface area contributed by atoms with E-state index in [1.165, 1.54) is 19.4 Å². The molecule has 0 spiro atoms. The average molecular weight is 412 g/mol. The molecule has 0 saturated carbocycles. The maximum absolute atomic E-state index is 11.9. The topological polar surface area (TPSA) is 64.8 Å². The van der Waals surface area contributed by atoms with E-state index in [9.17, 15) is 9.59 Å². The Balaban J connectivity index is 1.91. The van der Waals surface area contributed by atoms with Gasteiger partial charge in [0.1, 0.15) is 11.1 Å². The number of aromatic nitrogens is 3.